The van der Waals surface area contributed by atoms with Gasteiger partial charge in [0, 0.05) is 11.4 Å². The van der Waals surface area contributed by atoms with Crippen LogP contribution >= 0.6 is 11.8 Å². The molecule has 3 aromatic carbocycles. The zero-order valence-electron chi connectivity index (χ0n) is 19.4. The lowest BCUT2D eigenvalue weighted by Crippen LogP contribution is -2.11. The van der Waals surface area contributed by atoms with Crippen molar-refractivity contribution in [1.29, 1.82) is 0 Å². The van der Waals surface area contributed by atoms with Crippen molar-refractivity contribution < 1.29 is 17.9 Å². The van der Waals surface area contributed by atoms with Gasteiger partial charge in [-0.05, 0) is 55.8 Å². The summed E-state index contributed by atoms with van der Waals surface area (Å²) >= 11 is 1.44. The summed E-state index contributed by atoms with van der Waals surface area (Å²) in [5.41, 5.74) is 2.26. The van der Waals surface area contributed by atoms with Gasteiger partial charge >= 0.3 is 5.97 Å². The van der Waals surface area contributed by atoms with Gasteiger partial charge in [0.25, 0.3) is 0 Å². The fourth-order valence-corrected chi connectivity index (χ4v) is 5.56. The first kappa shape index (κ1) is 24.7. The number of nitrogens with zero attached hydrogens (tertiary/aromatic N) is 3. The molecular weight excluding hydrogens is 482 g/mol. The van der Waals surface area contributed by atoms with E-state index in [1.165, 1.54) is 11.8 Å². The highest BCUT2D eigenvalue weighted by molar-refractivity contribution is 7.98. The molecular formula is C26H25N3O4S2. The minimum absolute atomic E-state index is 0.179. The maximum absolute atomic E-state index is 13.0. The number of rotatable bonds is 9. The Kier molecular flexibility index (Phi) is 7.67. The Labute approximate surface area is 209 Å². The van der Waals surface area contributed by atoms with Gasteiger partial charge in [0.15, 0.2) is 20.8 Å². The second kappa shape index (κ2) is 10.9. The number of hydrogen-bond acceptors (Lipinski definition) is 7. The SMILES string of the molecule is CC(C)OC(=O)c1ccc(CSc2nnc(CS(=O)(=O)c3ccccc3)n2-c2ccccc2)cc1. The second-order valence-electron chi connectivity index (χ2n) is 8.08. The average Bonchev–Trinajstić information content (AvgIpc) is 3.25. The first-order valence-electron chi connectivity index (χ1n) is 11.0. The van der Waals surface area contributed by atoms with Crippen molar-refractivity contribution in [1.82, 2.24) is 14.8 Å². The third-order valence-electron chi connectivity index (χ3n) is 5.04. The molecule has 0 unspecified atom stereocenters. The summed E-state index contributed by atoms with van der Waals surface area (Å²) in [6, 6.07) is 25.0. The highest BCUT2D eigenvalue weighted by atomic mass is 32.2. The van der Waals surface area contributed by atoms with E-state index in [1.807, 2.05) is 56.3 Å². The maximum Gasteiger partial charge on any atom is 0.338 e. The summed E-state index contributed by atoms with van der Waals surface area (Å²) in [6.07, 6.45) is -0.179. The van der Waals surface area contributed by atoms with Crippen molar-refractivity contribution in [2.45, 2.75) is 41.5 Å². The first-order valence-corrected chi connectivity index (χ1v) is 13.7. The van der Waals surface area contributed by atoms with E-state index < -0.39 is 9.84 Å². The normalized spacial score (nSPS) is 11.5. The van der Waals surface area contributed by atoms with Crippen LogP contribution in [-0.2, 0) is 26.1 Å². The molecule has 0 N–H and O–H groups in total. The largest absolute Gasteiger partial charge is 0.459 e. The molecule has 7 nitrogen and oxygen atoms in total. The molecule has 1 aromatic heterocycles. The molecule has 0 aliphatic carbocycles. The van der Waals surface area contributed by atoms with Crippen molar-refractivity contribution in [2.24, 2.45) is 0 Å². The number of sulfone groups is 1. The fraction of sp³-hybridized carbons (Fsp3) is 0.192. The molecule has 4 rings (SSSR count). The van der Waals surface area contributed by atoms with Crippen molar-refractivity contribution in [2.75, 3.05) is 0 Å². The van der Waals surface area contributed by atoms with Gasteiger partial charge in [0.1, 0.15) is 5.75 Å². The number of benzene rings is 3. The molecule has 0 saturated carbocycles. The van der Waals surface area contributed by atoms with E-state index in [0.717, 1.165) is 11.3 Å². The molecule has 4 aromatic rings. The molecule has 0 saturated heterocycles. The monoisotopic (exact) mass is 507 g/mol. The van der Waals surface area contributed by atoms with Crippen LogP contribution in [-0.4, -0.2) is 35.3 Å². The van der Waals surface area contributed by atoms with E-state index in [2.05, 4.69) is 10.2 Å². The summed E-state index contributed by atoms with van der Waals surface area (Å²) < 4.78 is 33.0. The zero-order chi connectivity index (χ0) is 24.8. The number of esters is 1. The molecule has 180 valence electrons. The molecule has 1 heterocycles. The molecule has 0 atom stereocenters. The summed E-state index contributed by atoms with van der Waals surface area (Å²) in [5.74, 6) is 0.281. The van der Waals surface area contributed by atoms with Crippen LogP contribution in [0.2, 0.25) is 0 Å². The van der Waals surface area contributed by atoms with Crippen LogP contribution in [0.1, 0.15) is 35.6 Å². The maximum atomic E-state index is 13.0. The second-order valence-corrected chi connectivity index (χ2v) is 11.0. The predicted molar refractivity (Wildman–Crippen MR) is 135 cm³/mol. The zero-order valence-corrected chi connectivity index (χ0v) is 21.0. The number of ether oxygens (including phenoxy) is 1. The number of thioether (sulfide) groups is 1. The standard InChI is InChI=1S/C26H25N3O4S2/c1-19(2)33-25(30)21-15-13-20(14-16-21)17-34-26-28-27-24(29(26)22-9-5-3-6-10-22)18-35(31,32)23-11-7-4-8-12-23/h3-16,19H,17-18H2,1-2H3. The lowest BCUT2D eigenvalue weighted by atomic mass is 10.1. The van der Waals surface area contributed by atoms with E-state index in [-0.39, 0.29) is 22.7 Å². The summed E-state index contributed by atoms with van der Waals surface area (Å²) in [5, 5.41) is 9.11. The van der Waals surface area contributed by atoms with Gasteiger partial charge in [-0.2, -0.15) is 0 Å². The average molecular weight is 508 g/mol. The van der Waals surface area contributed by atoms with E-state index in [9.17, 15) is 13.2 Å². The van der Waals surface area contributed by atoms with E-state index in [0.29, 0.717) is 22.3 Å². The minimum Gasteiger partial charge on any atom is -0.459 e. The van der Waals surface area contributed by atoms with Gasteiger partial charge < -0.3 is 4.74 Å². The molecule has 9 heteroatoms. The van der Waals surface area contributed by atoms with E-state index >= 15 is 0 Å². The van der Waals surface area contributed by atoms with Crippen LogP contribution in [0.5, 0.6) is 0 Å². The van der Waals surface area contributed by atoms with Crippen molar-refractivity contribution in [3.05, 3.63) is 102 Å². The van der Waals surface area contributed by atoms with Crippen molar-refractivity contribution in [3.8, 4) is 5.69 Å². The number of carbonyl (C=O) groups is 1. The van der Waals surface area contributed by atoms with Gasteiger partial charge in [-0.15, -0.1) is 10.2 Å². The smallest absolute Gasteiger partial charge is 0.338 e. The highest BCUT2D eigenvalue weighted by Gasteiger charge is 2.22. The third kappa shape index (κ3) is 6.17. The van der Waals surface area contributed by atoms with Crippen molar-refractivity contribution >= 4 is 27.6 Å². The van der Waals surface area contributed by atoms with Crippen LogP contribution in [0.4, 0.5) is 0 Å². The molecule has 0 amide bonds. The summed E-state index contributed by atoms with van der Waals surface area (Å²) in [6.45, 7) is 3.62. The molecule has 0 fully saturated rings. The van der Waals surface area contributed by atoms with Crippen LogP contribution in [0, 0.1) is 0 Å². The van der Waals surface area contributed by atoms with Crippen LogP contribution in [0.25, 0.3) is 5.69 Å². The van der Waals surface area contributed by atoms with Gasteiger partial charge in [-0.25, -0.2) is 13.2 Å². The Hall–Kier alpha value is -3.43. The number of carbonyl (C=O) groups excluding carboxylic acids is 1. The Balaban J connectivity index is 1.57. The van der Waals surface area contributed by atoms with Gasteiger partial charge in [-0.3, -0.25) is 4.57 Å². The Morgan fingerprint density at radius 2 is 1.54 bits per heavy atom. The molecule has 0 aliphatic rings. The quantitative estimate of drug-likeness (QED) is 0.230. The van der Waals surface area contributed by atoms with Gasteiger partial charge in [0.2, 0.25) is 0 Å². The van der Waals surface area contributed by atoms with Crippen LogP contribution < -0.4 is 0 Å². The number of para-hydroxylation sites is 1. The Morgan fingerprint density at radius 1 is 0.914 bits per heavy atom. The van der Waals surface area contributed by atoms with Crippen LogP contribution in [0.15, 0.2) is 95.0 Å². The topological polar surface area (TPSA) is 91.2 Å². The minimum atomic E-state index is -3.60. The van der Waals surface area contributed by atoms with Crippen LogP contribution in [0.3, 0.4) is 0 Å². The van der Waals surface area contributed by atoms with Gasteiger partial charge in [-0.1, -0.05) is 60.3 Å². The van der Waals surface area contributed by atoms with E-state index in [1.54, 1.807) is 47.0 Å². The lowest BCUT2D eigenvalue weighted by molar-refractivity contribution is 0.0378. The first-order chi connectivity index (χ1) is 16.8. The Bertz CT molecular complexity index is 1390. The van der Waals surface area contributed by atoms with Gasteiger partial charge in [0.05, 0.1) is 16.6 Å². The summed E-state index contributed by atoms with van der Waals surface area (Å²) in [7, 11) is -3.60. The fourth-order valence-electron chi connectivity index (χ4n) is 3.37. The molecule has 0 spiro atoms. The summed E-state index contributed by atoms with van der Waals surface area (Å²) in [4.78, 5) is 12.3. The molecule has 0 bridgehead atoms. The number of hydrogen-bond donors (Lipinski definition) is 0. The predicted octanol–water partition coefficient (Wildman–Crippen LogP) is 5.10. The third-order valence-corrected chi connectivity index (χ3v) is 7.67. The van der Waals surface area contributed by atoms with Crippen molar-refractivity contribution in [3.63, 3.8) is 0 Å². The Morgan fingerprint density at radius 3 is 2.17 bits per heavy atom. The molecule has 35 heavy (non-hydrogen) atoms. The molecule has 0 aliphatic heterocycles. The number of aromatic nitrogens is 3. The lowest BCUT2D eigenvalue weighted by Gasteiger charge is -2.11. The molecule has 0 radical (unpaired) electrons. The highest BCUT2D eigenvalue weighted by Crippen LogP contribution is 2.27. The van der Waals surface area contributed by atoms with E-state index in [4.69, 9.17) is 4.74 Å².